The molecule has 0 radical (unpaired) electrons. The Morgan fingerprint density at radius 1 is 1.20 bits per heavy atom. The van der Waals surface area contributed by atoms with E-state index in [0.717, 1.165) is 23.8 Å². The van der Waals surface area contributed by atoms with Crippen molar-refractivity contribution in [2.24, 2.45) is 0 Å². The average molecular weight is 269 g/mol. The number of hydrogen-bond donors (Lipinski definition) is 1. The van der Waals surface area contributed by atoms with Gasteiger partial charge in [-0.1, -0.05) is 12.8 Å². The van der Waals surface area contributed by atoms with Gasteiger partial charge in [0.2, 0.25) is 0 Å². The Hall–Kier alpha value is -2.04. The van der Waals surface area contributed by atoms with Crippen LogP contribution in [0.3, 0.4) is 0 Å². The maximum Gasteiger partial charge on any atom is 0.182 e. The third-order valence-electron chi connectivity index (χ3n) is 3.67. The van der Waals surface area contributed by atoms with E-state index in [4.69, 9.17) is 4.98 Å². The normalized spacial score (nSPS) is 15.4. The molecule has 1 aliphatic carbocycles. The monoisotopic (exact) mass is 269 g/mol. The molecule has 0 saturated heterocycles. The maximum atomic E-state index is 4.71. The van der Waals surface area contributed by atoms with Crippen LogP contribution in [0.25, 0.3) is 11.5 Å². The quantitative estimate of drug-likeness (QED) is 0.924. The van der Waals surface area contributed by atoms with E-state index < -0.39 is 0 Å². The van der Waals surface area contributed by atoms with Gasteiger partial charge in [0.1, 0.15) is 11.5 Å². The van der Waals surface area contributed by atoms with Crippen LogP contribution in [0.1, 0.15) is 44.2 Å². The smallest absolute Gasteiger partial charge is 0.182 e. The minimum Gasteiger partial charge on any atom is -0.370 e. The van der Waals surface area contributed by atoms with E-state index in [0.29, 0.717) is 11.7 Å². The molecule has 2 aromatic rings. The molecule has 5 nitrogen and oxygen atoms in total. The van der Waals surface area contributed by atoms with E-state index in [1.165, 1.54) is 25.7 Å². The summed E-state index contributed by atoms with van der Waals surface area (Å²) in [6, 6.07) is 2.08. The number of nitrogens with one attached hydrogen (secondary N) is 1. The van der Waals surface area contributed by atoms with E-state index in [1.807, 2.05) is 0 Å². The summed E-state index contributed by atoms with van der Waals surface area (Å²) < 4.78 is 0. The van der Waals surface area contributed by atoms with Gasteiger partial charge in [-0.05, 0) is 19.8 Å². The van der Waals surface area contributed by atoms with Crippen molar-refractivity contribution in [1.82, 2.24) is 19.9 Å². The minimum absolute atomic E-state index is 0.561. The van der Waals surface area contributed by atoms with Crippen LogP contribution in [0.2, 0.25) is 0 Å². The second-order valence-corrected chi connectivity index (χ2v) is 5.10. The molecule has 0 atom stereocenters. The van der Waals surface area contributed by atoms with Gasteiger partial charge in [0.15, 0.2) is 5.82 Å². The lowest BCUT2D eigenvalue weighted by atomic mass is 10.0. The number of hydrogen-bond acceptors (Lipinski definition) is 5. The van der Waals surface area contributed by atoms with Crippen LogP contribution >= 0.6 is 0 Å². The first-order chi connectivity index (χ1) is 9.86. The van der Waals surface area contributed by atoms with Gasteiger partial charge in [-0.15, -0.1) is 0 Å². The summed E-state index contributed by atoms with van der Waals surface area (Å²) in [5.41, 5.74) is 1.86. The zero-order valence-electron chi connectivity index (χ0n) is 11.7. The summed E-state index contributed by atoms with van der Waals surface area (Å²) in [6.45, 7) is 2.92. The Balaban J connectivity index is 2.00. The first kappa shape index (κ1) is 13.0. The van der Waals surface area contributed by atoms with E-state index >= 15 is 0 Å². The molecule has 0 aliphatic heterocycles. The lowest BCUT2D eigenvalue weighted by Crippen LogP contribution is -2.06. The summed E-state index contributed by atoms with van der Waals surface area (Å²) >= 11 is 0. The van der Waals surface area contributed by atoms with Gasteiger partial charge in [0, 0.05) is 36.6 Å². The highest BCUT2D eigenvalue weighted by atomic mass is 15.0. The topological polar surface area (TPSA) is 63.6 Å². The lowest BCUT2D eigenvalue weighted by molar-refractivity contribution is 0.695. The van der Waals surface area contributed by atoms with Crippen LogP contribution in [0.15, 0.2) is 24.7 Å². The van der Waals surface area contributed by atoms with Crippen LogP contribution in [0.5, 0.6) is 0 Å². The van der Waals surface area contributed by atoms with Gasteiger partial charge >= 0.3 is 0 Å². The van der Waals surface area contributed by atoms with E-state index in [9.17, 15) is 0 Å². The molecule has 1 fully saturated rings. The average Bonchev–Trinajstić information content (AvgIpc) is 3.02. The zero-order chi connectivity index (χ0) is 13.8. The minimum atomic E-state index is 0.561. The van der Waals surface area contributed by atoms with Gasteiger partial charge in [-0.25, -0.2) is 15.0 Å². The maximum absolute atomic E-state index is 4.71. The Morgan fingerprint density at radius 2 is 2.05 bits per heavy atom. The molecule has 1 aliphatic rings. The van der Waals surface area contributed by atoms with Gasteiger partial charge in [0.25, 0.3) is 0 Å². The van der Waals surface area contributed by atoms with Gasteiger partial charge in [0.05, 0.1) is 6.20 Å². The standard InChI is InChI=1S/C15H19N5/c1-2-17-14-9-12(11-5-3-4-6-11)19-15(20-14)13-10-16-7-8-18-13/h7-11H,2-6H2,1H3,(H,17,19,20). The highest BCUT2D eigenvalue weighted by Gasteiger charge is 2.20. The van der Waals surface area contributed by atoms with Gasteiger partial charge < -0.3 is 5.32 Å². The third-order valence-corrected chi connectivity index (χ3v) is 3.67. The Labute approximate surface area is 118 Å². The number of rotatable bonds is 4. The lowest BCUT2D eigenvalue weighted by Gasteiger charge is -2.12. The molecular formula is C15H19N5. The van der Waals surface area contributed by atoms with Crippen molar-refractivity contribution >= 4 is 5.82 Å². The molecule has 5 heteroatoms. The molecular weight excluding hydrogens is 250 g/mol. The summed E-state index contributed by atoms with van der Waals surface area (Å²) in [7, 11) is 0. The first-order valence-corrected chi connectivity index (χ1v) is 7.26. The van der Waals surface area contributed by atoms with Crippen molar-refractivity contribution in [2.45, 2.75) is 38.5 Å². The van der Waals surface area contributed by atoms with E-state index in [1.54, 1.807) is 18.6 Å². The van der Waals surface area contributed by atoms with Gasteiger partial charge in [-0.2, -0.15) is 0 Å². The fourth-order valence-electron chi connectivity index (χ4n) is 2.70. The number of nitrogens with zero attached hydrogens (tertiary/aromatic N) is 4. The second-order valence-electron chi connectivity index (χ2n) is 5.10. The molecule has 104 valence electrons. The summed E-state index contributed by atoms with van der Waals surface area (Å²) in [5, 5.41) is 3.28. The first-order valence-electron chi connectivity index (χ1n) is 7.26. The Morgan fingerprint density at radius 3 is 2.75 bits per heavy atom. The SMILES string of the molecule is CCNc1cc(C2CCCC2)nc(-c2cnccn2)n1. The highest BCUT2D eigenvalue weighted by molar-refractivity contribution is 5.52. The van der Waals surface area contributed by atoms with Crippen molar-refractivity contribution in [1.29, 1.82) is 0 Å². The highest BCUT2D eigenvalue weighted by Crippen LogP contribution is 2.34. The number of aromatic nitrogens is 4. The molecule has 2 heterocycles. The molecule has 0 amide bonds. The van der Waals surface area contributed by atoms with Crippen molar-refractivity contribution in [3.63, 3.8) is 0 Å². The zero-order valence-corrected chi connectivity index (χ0v) is 11.7. The largest absolute Gasteiger partial charge is 0.370 e. The summed E-state index contributed by atoms with van der Waals surface area (Å²) in [5.74, 6) is 2.11. The summed E-state index contributed by atoms with van der Waals surface area (Å²) in [4.78, 5) is 17.7. The van der Waals surface area contributed by atoms with Crippen LogP contribution < -0.4 is 5.32 Å². The van der Waals surface area contributed by atoms with Crippen LogP contribution in [0.4, 0.5) is 5.82 Å². The predicted molar refractivity (Wildman–Crippen MR) is 78.4 cm³/mol. The van der Waals surface area contributed by atoms with Crippen molar-refractivity contribution in [3.8, 4) is 11.5 Å². The van der Waals surface area contributed by atoms with Crippen LogP contribution in [-0.2, 0) is 0 Å². The Bertz CT molecular complexity index is 564. The van der Waals surface area contributed by atoms with Crippen molar-refractivity contribution in [2.75, 3.05) is 11.9 Å². The van der Waals surface area contributed by atoms with Crippen LogP contribution in [-0.4, -0.2) is 26.5 Å². The molecule has 2 aromatic heterocycles. The van der Waals surface area contributed by atoms with Gasteiger partial charge in [-0.3, -0.25) is 4.98 Å². The second kappa shape index (κ2) is 5.94. The third kappa shape index (κ3) is 2.76. The predicted octanol–water partition coefficient (Wildman–Crippen LogP) is 3.02. The van der Waals surface area contributed by atoms with E-state index in [-0.39, 0.29) is 0 Å². The molecule has 0 aromatic carbocycles. The molecule has 1 N–H and O–H groups in total. The Kier molecular flexibility index (Phi) is 3.85. The number of anilines is 1. The molecule has 0 unspecified atom stereocenters. The van der Waals surface area contributed by atoms with Crippen molar-refractivity contribution in [3.05, 3.63) is 30.4 Å². The van der Waals surface area contributed by atoms with E-state index in [2.05, 4.69) is 33.3 Å². The fourth-order valence-corrected chi connectivity index (χ4v) is 2.70. The molecule has 1 saturated carbocycles. The molecule has 3 rings (SSSR count). The van der Waals surface area contributed by atoms with Crippen LogP contribution in [0, 0.1) is 0 Å². The fraction of sp³-hybridized carbons (Fsp3) is 0.467. The van der Waals surface area contributed by atoms with Crippen molar-refractivity contribution < 1.29 is 0 Å². The molecule has 20 heavy (non-hydrogen) atoms. The molecule has 0 bridgehead atoms. The summed E-state index contributed by atoms with van der Waals surface area (Å²) in [6.07, 6.45) is 10.1. The molecule has 0 spiro atoms.